The lowest BCUT2D eigenvalue weighted by Crippen LogP contribution is -2.69. The summed E-state index contributed by atoms with van der Waals surface area (Å²) in [5.41, 5.74) is 16.8. The zero-order chi connectivity index (χ0) is 27.2. The summed E-state index contributed by atoms with van der Waals surface area (Å²) in [5.74, 6) is 0.666. The normalized spacial score (nSPS) is 42.5. The minimum absolute atomic E-state index is 0.118. The van der Waals surface area contributed by atoms with Crippen LogP contribution >= 0.6 is 0 Å². The Bertz CT molecular complexity index is 761. The maximum Gasteiger partial charge on any atom is 0.215 e. The highest BCUT2D eigenvalue weighted by atomic mass is 16.7. The second-order valence-electron chi connectivity index (χ2n) is 10.2. The summed E-state index contributed by atoms with van der Waals surface area (Å²) in [4.78, 5) is 11.3. The van der Waals surface area contributed by atoms with E-state index in [1.165, 1.54) is 6.92 Å². The molecule has 1 amide bonds. The van der Waals surface area contributed by atoms with Crippen LogP contribution in [0.2, 0.25) is 0 Å². The fraction of sp³-hybridized carbons (Fsp3) is 0.870. The van der Waals surface area contributed by atoms with E-state index in [-0.39, 0.29) is 13.0 Å². The molecule has 214 valence electrons. The number of rotatable bonds is 12. The van der Waals surface area contributed by atoms with Crippen molar-refractivity contribution in [3.05, 3.63) is 11.8 Å². The predicted molar refractivity (Wildman–Crippen MR) is 133 cm³/mol. The largest absolute Gasteiger partial charge is 0.467 e. The average molecular weight is 533 g/mol. The Morgan fingerprint density at radius 3 is 2.59 bits per heavy atom. The third-order valence-electron chi connectivity index (χ3n) is 7.12. The highest BCUT2D eigenvalue weighted by molar-refractivity contribution is 5.47. The van der Waals surface area contributed by atoms with Crippen LogP contribution in [0.5, 0.6) is 0 Å². The lowest BCUT2D eigenvalue weighted by Gasteiger charge is -2.48. The van der Waals surface area contributed by atoms with Gasteiger partial charge in [-0.15, -0.1) is 0 Å². The van der Waals surface area contributed by atoms with Crippen molar-refractivity contribution in [1.82, 2.24) is 16.0 Å². The van der Waals surface area contributed by atoms with Crippen LogP contribution in [0.3, 0.4) is 0 Å². The molecule has 0 bridgehead atoms. The molecule has 1 saturated heterocycles. The Kier molecular flexibility index (Phi) is 11.0. The van der Waals surface area contributed by atoms with Gasteiger partial charge in [-0.1, -0.05) is 0 Å². The van der Waals surface area contributed by atoms with Gasteiger partial charge >= 0.3 is 0 Å². The molecule has 2 heterocycles. The van der Waals surface area contributed by atoms with Crippen LogP contribution in [0.1, 0.15) is 26.2 Å². The summed E-state index contributed by atoms with van der Waals surface area (Å²) in [6, 6.07) is -2.60. The molecule has 0 aromatic heterocycles. The van der Waals surface area contributed by atoms with Gasteiger partial charge in [-0.25, -0.2) is 0 Å². The number of aliphatic hydroxyl groups excluding tert-OH is 2. The minimum atomic E-state index is -1.34. The molecule has 1 saturated carbocycles. The highest BCUT2D eigenvalue weighted by Gasteiger charge is 2.51. The van der Waals surface area contributed by atoms with Crippen molar-refractivity contribution in [2.24, 2.45) is 17.2 Å². The Hall–Kier alpha value is -1.43. The fourth-order valence-corrected chi connectivity index (χ4v) is 5.07. The molecule has 37 heavy (non-hydrogen) atoms. The van der Waals surface area contributed by atoms with Crippen LogP contribution in [-0.4, -0.2) is 122 Å². The smallest absolute Gasteiger partial charge is 0.215 e. The van der Waals surface area contributed by atoms with Crippen LogP contribution in [0.15, 0.2) is 11.8 Å². The molecule has 14 nitrogen and oxygen atoms in total. The maximum atomic E-state index is 11.3. The van der Waals surface area contributed by atoms with E-state index in [1.54, 1.807) is 7.05 Å². The molecular weight excluding hydrogens is 488 g/mol. The van der Waals surface area contributed by atoms with Crippen molar-refractivity contribution in [3.63, 3.8) is 0 Å². The lowest BCUT2D eigenvalue weighted by molar-refractivity contribution is -0.304. The number of carbonyl (C=O) groups is 1. The van der Waals surface area contributed by atoms with E-state index in [4.69, 9.17) is 36.1 Å². The van der Waals surface area contributed by atoms with Crippen molar-refractivity contribution in [2.75, 3.05) is 33.3 Å². The second-order valence-corrected chi connectivity index (χ2v) is 10.2. The van der Waals surface area contributed by atoms with Crippen LogP contribution < -0.4 is 33.2 Å². The minimum Gasteiger partial charge on any atom is -0.467 e. The summed E-state index contributed by atoms with van der Waals surface area (Å²) in [7, 11) is 1.60. The first-order chi connectivity index (χ1) is 17.6. The quantitative estimate of drug-likeness (QED) is 0.0861. The van der Waals surface area contributed by atoms with E-state index in [0.717, 1.165) is 13.0 Å². The predicted octanol–water partition coefficient (Wildman–Crippen LogP) is -4.08. The zero-order valence-electron chi connectivity index (χ0n) is 21.5. The number of likely N-dealkylation sites (N-methyl/N-ethyl adjacent to an activating group) is 1. The lowest BCUT2D eigenvalue weighted by atomic mass is 9.83. The van der Waals surface area contributed by atoms with E-state index in [2.05, 4.69) is 16.0 Å². The molecule has 11 atom stereocenters. The number of hydrogen-bond acceptors (Lipinski definition) is 13. The third kappa shape index (κ3) is 7.36. The first-order valence-corrected chi connectivity index (χ1v) is 12.8. The Morgan fingerprint density at radius 1 is 1.19 bits per heavy atom. The number of carbonyl (C=O) groups excluding carboxylic acids is 1. The molecule has 2 aliphatic heterocycles. The number of aliphatic hydroxyl groups is 3. The van der Waals surface area contributed by atoms with Gasteiger partial charge < -0.3 is 67.4 Å². The van der Waals surface area contributed by atoms with Gasteiger partial charge in [0.25, 0.3) is 0 Å². The molecule has 0 aromatic carbocycles. The first kappa shape index (κ1) is 30.1. The molecule has 3 rings (SSSR count). The molecule has 0 spiro atoms. The molecule has 12 N–H and O–H groups in total. The standard InChI is InChI=1S/C23H44N6O8/c1-23(33)10-34-22(17(32)20(23)27-2)37-19-15(29-11-30)8-14(26)18(16(19)31)36-21-13(25)5-4-12(35-21)9-28-7-3-6-24/h4,11,13-22,27-28,31-33H,3,5-10,24-26H2,1-2H3,(H,29,30)/t13-,14+,15-,16+,17-,18?,19+,20-,21-,22-,23+/m1/s1. The van der Waals surface area contributed by atoms with E-state index < -0.39 is 66.8 Å². The number of nitrogens with one attached hydrogen (secondary N) is 3. The summed E-state index contributed by atoms with van der Waals surface area (Å²) >= 11 is 0. The van der Waals surface area contributed by atoms with E-state index in [1.807, 2.05) is 6.08 Å². The van der Waals surface area contributed by atoms with Gasteiger partial charge in [0.1, 0.15) is 35.8 Å². The van der Waals surface area contributed by atoms with Gasteiger partial charge in [-0.05, 0) is 52.4 Å². The van der Waals surface area contributed by atoms with Gasteiger partial charge in [0, 0.05) is 6.04 Å². The molecule has 1 aliphatic carbocycles. The van der Waals surface area contributed by atoms with Gasteiger partial charge in [0.2, 0.25) is 12.7 Å². The van der Waals surface area contributed by atoms with Gasteiger partial charge in [0.15, 0.2) is 6.29 Å². The van der Waals surface area contributed by atoms with Crippen molar-refractivity contribution in [3.8, 4) is 0 Å². The first-order valence-electron chi connectivity index (χ1n) is 12.8. The number of ether oxygens (including phenoxy) is 4. The zero-order valence-corrected chi connectivity index (χ0v) is 21.5. The highest BCUT2D eigenvalue weighted by Crippen LogP contribution is 2.31. The van der Waals surface area contributed by atoms with Crippen LogP contribution in [0, 0.1) is 0 Å². The van der Waals surface area contributed by atoms with E-state index >= 15 is 0 Å². The van der Waals surface area contributed by atoms with Gasteiger partial charge in [-0.2, -0.15) is 0 Å². The van der Waals surface area contributed by atoms with Crippen molar-refractivity contribution in [1.29, 1.82) is 0 Å². The van der Waals surface area contributed by atoms with Crippen molar-refractivity contribution < 1.29 is 39.1 Å². The second kappa shape index (κ2) is 13.6. The van der Waals surface area contributed by atoms with Crippen LogP contribution in [0.25, 0.3) is 0 Å². The Morgan fingerprint density at radius 2 is 1.92 bits per heavy atom. The third-order valence-corrected chi connectivity index (χ3v) is 7.12. The number of amides is 1. The Balaban J connectivity index is 1.69. The topological polar surface area (TPSA) is 229 Å². The molecule has 0 aromatic rings. The number of nitrogens with two attached hydrogens (primary N) is 3. The fourth-order valence-electron chi connectivity index (χ4n) is 5.07. The summed E-state index contributed by atoms with van der Waals surface area (Å²) < 4.78 is 23.6. The molecule has 2 fully saturated rings. The van der Waals surface area contributed by atoms with Crippen LogP contribution in [0.4, 0.5) is 0 Å². The van der Waals surface area contributed by atoms with Gasteiger partial charge in [0.05, 0.1) is 31.3 Å². The summed E-state index contributed by atoms with van der Waals surface area (Å²) in [5, 5.41) is 41.3. The number of hydrogen-bond donors (Lipinski definition) is 9. The summed E-state index contributed by atoms with van der Waals surface area (Å²) in [6.45, 7) is 3.22. The molecule has 0 radical (unpaired) electrons. The van der Waals surface area contributed by atoms with Gasteiger partial charge in [-0.3, -0.25) is 4.79 Å². The SMILES string of the molecule is CN[C@@H]1[C@@H](O)[C@@H](O[C@H]2[C@H](NC=O)C[C@H](N)C(O[C@H]3OC(CNCCCN)=CC[C@H]3N)[C@@H]2O)OC[C@]1(C)O. The monoisotopic (exact) mass is 532 g/mol. The summed E-state index contributed by atoms with van der Waals surface area (Å²) in [6.07, 6.45) is -2.67. The van der Waals surface area contributed by atoms with Crippen LogP contribution in [-0.2, 0) is 23.7 Å². The average Bonchev–Trinajstić information content (AvgIpc) is 2.85. The maximum absolute atomic E-state index is 11.3. The van der Waals surface area contributed by atoms with Crippen molar-refractivity contribution >= 4 is 6.41 Å². The molecule has 14 heteroatoms. The van der Waals surface area contributed by atoms with E-state index in [0.29, 0.717) is 31.7 Å². The van der Waals surface area contributed by atoms with E-state index in [9.17, 15) is 20.1 Å². The van der Waals surface area contributed by atoms with Crippen molar-refractivity contribution in [2.45, 2.75) is 93.0 Å². The molecule has 1 unspecified atom stereocenters. The molecule has 3 aliphatic rings. The Labute approximate surface area is 217 Å². The molecular formula is C23H44N6O8.